The van der Waals surface area contributed by atoms with E-state index in [1.165, 1.54) is 25.7 Å². The van der Waals surface area contributed by atoms with E-state index in [0.717, 1.165) is 17.4 Å². The molecule has 19 heavy (non-hydrogen) atoms. The number of pyridine rings is 1. The minimum absolute atomic E-state index is 0.0413. The Balaban J connectivity index is 1.72. The third-order valence-electron chi connectivity index (χ3n) is 4.53. The molecule has 2 fully saturated rings. The van der Waals surface area contributed by atoms with Gasteiger partial charge in [-0.3, -0.25) is 4.79 Å². The molecule has 1 heterocycles. The van der Waals surface area contributed by atoms with E-state index >= 15 is 0 Å². The summed E-state index contributed by atoms with van der Waals surface area (Å²) in [5, 5.41) is 6.20. The maximum Gasteiger partial charge on any atom is 0.251 e. The van der Waals surface area contributed by atoms with Crippen LogP contribution < -0.4 is 10.6 Å². The van der Waals surface area contributed by atoms with E-state index in [4.69, 9.17) is 0 Å². The number of aryl methyl sites for hydroxylation is 1. The third-order valence-corrected chi connectivity index (χ3v) is 4.53. The Hall–Kier alpha value is -1.58. The molecule has 3 unspecified atom stereocenters. The molecule has 0 aromatic carbocycles. The molecule has 3 atom stereocenters. The minimum Gasteiger partial charge on any atom is -0.373 e. The van der Waals surface area contributed by atoms with Crippen LogP contribution in [0.1, 0.15) is 41.7 Å². The van der Waals surface area contributed by atoms with Crippen LogP contribution in [0.25, 0.3) is 0 Å². The molecule has 0 spiro atoms. The van der Waals surface area contributed by atoms with Crippen LogP contribution >= 0.6 is 0 Å². The maximum absolute atomic E-state index is 12.3. The second-order valence-electron chi connectivity index (χ2n) is 5.89. The van der Waals surface area contributed by atoms with Gasteiger partial charge in [0.25, 0.3) is 5.91 Å². The molecule has 2 saturated carbocycles. The molecule has 0 saturated heterocycles. The number of anilines is 1. The standard InChI is InChI=1S/C15H21N3O/c1-9-5-12(8-14(16-2)17-9)15(19)18-13-7-10-3-4-11(13)6-10/h5,8,10-11,13H,3-4,6-7H2,1-2H3,(H,16,17)(H,18,19). The number of rotatable bonds is 3. The highest BCUT2D eigenvalue weighted by Gasteiger charge is 2.40. The van der Waals surface area contributed by atoms with Gasteiger partial charge in [0.1, 0.15) is 5.82 Å². The second-order valence-corrected chi connectivity index (χ2v) is 5.89. The van der Waals surface area contributed by atoms with Gasteiger partial charge in [0, 0.05) is 24.3 Å². The fourth-order valence-electron chi connectivity index (χ4n) is 3.60. The molecule has 102 valence electrons. The first-order valence-corrected chi connectivity index (χ1v) is 7.13. The van der Waals surface area contributed by atoms with Gasteiger partial charge in [0.05, 0.1) is 0 Å². The monoisotopic (exact) mass is 259 g/mol. The fraction of sp³-hybridized carbons (Fsp3) is 0.600. The quantitative estimate of drug-likeness (QED) is 0.876. The van der Waals surface area contributed by atoms with Crippen molar-refractivity contribution in [2.75, 3.05) is 12.4 Å². The van der Waals surface area contributed by atoms with Crippen LogP contribution in [-0.4, -0.2) is 24.0 Å². The SMILES string of the molecule is CNc1cc(C(=O)NC2CC3CCC2C3)cc(C)n1. The van der Waals surface area contributed by atoms with Crippen molar-refractivity contribution in [3.8, 4) is 0 Å². The molecule has 2 N–H and O–H groups in total. The molecule has 0 radical (unpaired) electrons. The molecule has 2 bridgehead atoms. The van der Waals surface area contributed by atoms with Crippen molar-refractivity contribution < 1.29 is 4.79 Å². The number of nitrogens with zero attached hydrogens (tertiary/aromatic N) is 1. The van der Waals surface area contributed by atoms with Gasteiger partial charge in [0.15, 0.2) is 0 Å². The zero-order chi connectivity index (χ0) is 13.4. The average molecular weight is 259 g/mol. The van der Waals surface area contributed by atoms with Gasteiger partial charge < -0.3 is 10.6 Å². The highest BCUT2D eigenvalue weighted by Crippen LogP contribution is 2.44. The molecular weight excluding hydrogens is 238 g/mol. The van der Waals surface area contributed by atoms with Crippen LogP contribution in [0.15, 0.2) is 12.1 Å². The Bertz CT molecular complexity index is 500. The molecule has 1 aromatic heterocycles. The van der Waals surface area contributed by atoms with Gasteiger partial charge in [0.2, 0.25) is 0 Å². The normalized spacial score (nSPS) is 28.4. The lowest BCUT2D eigenvalue weighted by atomic mass is 9.95. The van der Waals surface area contributed by atoms with Gasteiger partial charge in [-0.05, 0) is 50.2 Å². The van der Waals surface area contributed by atoms with Gasteiger partial charge in [-0.1, -0.05) is 6.42 Å². The number of hydrogen-bond donors (Lipinski definition) is 2. The molecule has 1 aromatic rings. The van der Waals surface area contributed by atoms with E-state index in [2.05, 4.69) is 15.6 Å². The highest BCUT2D eigenvalue weighted by molar-refractivity contribution is 5.95. The van der Waals surface area contributed by atoms with Gasteiger partial charge in [-0.2, -0.15) is 0 Å². The van der Waals surface area contributed by atoms with Crippen molar-refractivity contribution in [2.45, 2.75) is 38.6 Å². The molecular formula is C15H21N3O. The number of nitrogens with one attached hydrogen (secondary N) is 2. The Morgan fingerprint density at radius 1 is 1.32 bits per heavy atom. The summed E-state index contributed by atoms with van der Waals surface area (Å²) in [7, 11) is 1.82. The van der Waals surface area contributed by atoms with Crippen molar-refractivity contribution in [1.82, 2.24) is 10.3 Å². The summed E-state index contributed by atoms with van der Waals surface area (Å²) >= 11 is 0. The zero-order valence-corrected chi connectivity index (χ0v) is 11.6. The van der Waals surface area contributed by atoms with Crippen molar-refractivity contribution in [3.05, 3.63) is 23.4 Å². The van der Waals surface area contributed by atoms with Crippen molar-refractivity contribution in [2.24, 2.45) is 11.8 Å². The van der Waals surface area contributed by atoms with E-state index in [1.54, 1.807) is 0 Å². The van der Waals surface area contributed by atoms with Crippen molar-refractivity contribution in [3.63, 3.8) is 0 Å². The molecule has 0 aliphatic heterocycles. The molecule has 3 rings (SSSR count). The average Bonchev–Trinajstić information content (AvgIpc) is 3.00. The molecule has 4 nitrogen and oxygen atoms in total. The molecule has 2 aliphatic carbocycles. The van der Waals surface area contributed by atoms with E-state index in [9.17, 15) is 4.79 Å². The van der Waals surface area contributed by atoms with Gasteiger partial charge in [-0.25, -0.2) is 4.98 Å². The smallest absolute Gasteiger partial charge is 0.251 e. The Kier molecular flexibility index (Phi) is 3.17. The predicted octanol–water partition coefficient (Wildman–Crippen LogP) is 2.35. The number of hydrogen-bond acceptors (Lipinski definition) is 3. The van der Waals surface area contributed by atoms with Gasteiger partial charge >= 0.3 is 0 Å². The van der Waals surface area contributed by atoms with Crippen LogP contribution in [-0.2, 0) is 0 Å². The summed E-state index contributed by atoms with van der Waals surface area (Å²) < 4.78 is 0. The first-order valence-electron chi connectivity index (χ1n) is 7.13. The van der Waals surface area contributed by atoms with Crippen molar-refractivity contribution >= 4 is 11.7 Å². The predicted molar refractivity (Wildman–Crippen MR) is 75.2 cm³/mol. The Labute approximate surface area is 114 Å². The largest absolute Gasteiger partial charge is 0.373 e. The third kappa shape index (κ3) is 2.44. The summed E-state index contributed by atoms with van der Waals surface area (Å²) in [5.74, 6) is 2.35. The van der Waals surface area contributed by atoms with Crippen LogP contribution in [0.5, 0.6) is 0 Å². The van der Waals surface area contributed by atoms with Crippen molar-refractivity contribution in [1.29, 1.82) is 0 Å². The van der Waals surface area contributed by atoms with E-state index in [1.807, 2.05) is 26.1 Å². The topological polar surface area (TPSA) is 54.0 Å². The fourth-order valence-corrected chi connectivity index (χ4v) is 3.60. The number of carbonyl (C=O) groups is 1. The van der Waals surface area contributed by atoms with Crippen LogP contribution in [0.2, 0.25) is 0 Å². The number of carbonyl (C=O) groups excluding carboxylic acids is 1. The van der Waals surface area contributed by atoms with E-state index < -0.39 is 0 Å². The second kappa shape index (κ2) is 4.83. The minimum atomic E-state index is 0.0413. The molecule has 1 amide bonds. The number of fused-ring (bicyclic) bond motifs is 2. The van der Waals surface area contributed by atoms with Crippen LogP contribution in [0, 0.1) is 18.8 Å². The maximum atomic E-state index is 12.3. The lowest BCUT2D eigenvalue weighted by Gasteiger charge is -2.23. The summed E-state index contributed by atoms with van der Waals surface area (Å²) in [6, 6.07) is 4.05. The number of amides is 1. The van der Waals surface area contributed by atoms with E-state index in [-0.39, 0.29) is 5.91 Å². The summed E-state index contributed by atoms with van der Waals surface area (Å²) in [5.41, 5.74) is 1.57. The Morgan fingerprint density at radius 3 is 2.79 bits per heavy atom. The summed E-state index contributed by atoms with van der Waals surface area (Å²) in [4.78, 5) is 16.6. The highest BCUT2D eigenvalue weighted by atomic mass is 16.1. The zero-order valence-electron chi connectivity index (χ0n) is 11.6. The Morgan fingerprint density at radius 2 is 2.16 bits per heavy atom. The first-order chi connectivity index (χ1) is 9.15. The first kappa shape index (κ1) is 12.5. The summed E-state index contributed by atoms with van der Waals surface area (Å²) in [6.07, 6.45) is 5.11. The lowest BCUT2D eigenvalue weighted by molar-refractivity contribution is 0.0923. The lowest BCUT2D eigenvalue weighted by Crippen LogP contribution is -2.38. The molecule has 2 aliphatic rings. The molecule has 4 heteroatoms. The summed E-state index contributed by atoms with van der Waals surface area (Å²) in [6.45, 7) is 1.91. The van der Waals surface area contributed by atoms with Crippen LogP contribution in [0.3, 0.4) is 0 Å². The van der Waals surface area contributed by atoms with E-state index in [0.29, 0.717) is 17.5 Å². The van der Waals surface area contributed by atoms with Gasteiger partial charge in [-0.15, -0.1) is 0 Å². The number of aromatic nitrogens is 1. The van der Waals surface area contributed by atoms with Crippen LogP contribution in [0.4, 0.5) is 5.82 Å².